The average Bonchev–Trinajstić information content (AvgIpc) is 3.10. The highest BCUT2D eigenvalue weighted by atomic mass is 16.5. The quantitative estimate of drug-likeness (QED) is 0.553. The van der Waals surface area contributed by atoms with E-state index in [1.165, 1.54) is 0 Å². The van der Waals surface area contributed by atoms with Gasteiger partial charge in [0.15, 0.2) is 0 Å². The van der Waals surface area contributed by atoms with E-state index in [1.54, 1.807) is 20.8 Å². The molecule has 1 atom stereocenters. The summed E-state index contributed by atoms with van der Waals surface area (Å²) in [5.74, 6) is -1.94. The van der Waals surface area contributed by atoms with Crippen molar-refractivity contribution in [2.75, 3.05) is 19.7 Å². The molecule has 0 saturated carbocycles. The molecule has 1 aliphatic carbocycles. The van der Waals surface area contributed by atoms with Crippen LogP contribution in [0.2, 0.25) is 0 Å². The standard InChI is InChI=1S/C25H30N2O5/c1-4-16(22(28)29)13-26-23(30)25(2,3)15-27-24(31)32-14-21-19-11-7-5-9-17(19)18-10-6-8-12-20(18)21/h5-12,16,21H,4,13-15H2,1-3H3,(H,26,30)(H,27,31)(H,28,29). The first kappa shape index (κ1) is 23.3. The molecule has 170 valence electrons. The summed E-state index contributed by atoms with van der Waals surface area (Å²) in [6, 6.07) is 16.2. The number of nitrogens with one attached hydrogen (secondary N) is 2. The minimum atomic E-state index is -0.942. The van der Waals surface area contributed by atoms with E-state index in [9.17, 15) is 14.4 Å². The number of hydrogen-bond donors (Lipinski definition) is 3. The zero-order valence-electron chi connectivity index (χ0n) is 18.7. The second kappa shape index (κ2) is 9.85. The third-order valence-electron chi connectivity index (χ3n) is 5.98. The first-order chi connectivity index (χ1) is 15.2. The molecule has 3 rings (SSSR count). The number of aliphatic carboxylic acids is 1. The van der Waals surface area contributed by atoms with E-state index in [-0.39, 0.29) is 31.5 Å². The summed E-state index contributed by atoms with van der Waals surface area (Å²) in [5.41, 5.74) is 3.65. The number of rotatable bonds is 9. The summed E-state index contributed by atoms with van der Waals surface area (Å²) in [7, 11) is 0. The lowest BCUT2D eigenvalue weighted by molar-refractivity contribution is -0.142. The molecule has 2 aromatic rings. The number of alkyl carbamates (subject to hydrolysis) is 1. The van der Waals surface area contributed by atoms with Crippen LogP contribution in [0.3, 0.4) is 0 Å². The summed E-state index contributed by atoms with van der Waals surface area (Å²) >= 11 is 0. The Morgan fingerprint density at radius 3 is 2.09 bits per heavy atom. The lowest BCUT2D eigenvalue weighted by Gasteiger charge is -2.25. The Kier molecular flexibility index (Phi) is 7.18. The zero-order chi connectivity index (χ0) is 23.3. The Labute approximate surface area is 188 Å². The first-order valence-corrected chi connectivity index (χ1v) is 10.8. The molecule has 0 fully saturated rings. The lowest BCUT2D eigenvalue weighted by Crippen LogP contribution is -2.46. The molecule has 0 aromatic heterocycles. The topological polar surface area (TPSA) is 105 Å². The summed E-state index contributed by atoms with van der Waals surface area (Å²) in [4.78, 5) is 35.9. The molecule has 7 heteroatoms. The van der Waals surface area contributed by atoms with E-state index in [0.29, 0.717) is 6.42 Å². The highest BCUT2D eigenvalue weighted by Crippen LogP contribution is 2.44. The molecule has 7 nitrogen and oxygen atoms in total. The van der Waals surface area contributed by atoms with Crippen molar-refractivity contribution in [3.63, 3.8) is 0 Å². The summed E-state index contributed by atoms with van der Waals surface area (Å²) in [6.07, 6.45) is -0.168. The van der Waals surface area contributed by atoms with Crippen LogP contribution >= 0.6 is 0 Å². The smallest absolute Gasteiger partial charge is 0.407 e. The predicted molar refractivity (Wildman–Crippen MR) is 121 cm³/mol. The highest BCUT2D eigenvalue weighted by molar-refractivity contribution is 5.83. The van der Waals surface area contributed by atoms with Crippen LogP contribution in [0.1, 0.15) is 44.2 Å². The van der Waals surface area contributed by atoms with E-state index >= 15 is 0 Å². The molecule has 32 heavy (non-hydrogen) atoms. The van der Waals surface area contributed by atoms with Gasteiger partial charge in [0.2, 0.25) is 5.91 Å². The summed E-state index contributed by atoms with van der Waals surface area (Å²) in [6.45, 7) is 5.46. The van der Waals surface area contributed by atoms with Crippen LogP contribution in [0.15, 0.2) is 48.5 Å². The fraction of sp³-hybridized carbons (Fsp3) is 0.400. The molecular formula is C25H30N2O5. The van der Waals surface area contributed by atoms with Gasteiger partial charge in [-0.25, -0.2) is 4.79 Å². The third kappa shape index (κ3) is 5.10. The van der Waals surface area contributed by atoms with E-state index in [0.717, 1.165) is 22.3 Å². The Bertz CT molecular complexity index is 956. The molecule has 0 spiro atoms. The molecule has 3 N–H and O–H groups in total. The Hall–Kier alpha value is -3.35. The fourth-order valence-corrected chi connectivity index (χ4v) is 3.88. The Morgan fingerprint density at radius 2 is 1.56 bits per heavy atom. The van der Waals surface area contributed by atoms with Crippen LogP contribution < -0.4 is 10.6 Å². The van der Waals surface area contributed by atoms with Gasteiger partial charge in [-0.3, -0.25) is 9.59 Å². The maximum absolute atomic E-state index is 12.5. The molecule has 2 amide bonds. The van der Waals surface area contributed by atoms with Crippen LogP contribution in [0, 0.1) is 11.3 Å². The number of fused-ring (bicyclic) bond motifs is 3. The monoisotopic (exact) mass is 438 g/mol. The van der Waals surface area contributed by atoms with Crippen LogP contribution in [0.4, 0.5) is 4.79 Å². The highest BCUT2D eigenvalue weighted by Gasteiger charge is 2.31. The van der Waals surface area contributed by atoms with Crippen LogP contribution in [0.5, 0.6) is 0 Å². The third-order valence-corrected chi connectivity index (χ3v) is 5.98. The van der Waals surface area contributed by atoms with Gasteiger partial charge in [-0.2, -0.15) is 0 Å². The van der Waals surface area contributed by atoms with Crippen molar-refractivity contribution in [3.8, 4) is 11.1 Å². The van der Waals surface area contributed by atoms with Crippen molar-refractivity contribution in [1.82, 2.24) is 10.6 Å². The van der Waals surface area contributed by atoms with Crippen LogP contribution in [-0.2, 0) is 14.3 Å². The van der Waals surface area contributed by atoms with Gasteiger partial charge in [0, 0.05) is 19.0 Å². The van der Waals surface area contributed by atoms with E-state index < -0.39 is 23.4 Å². The molecule has 0 saturated heterocycles. The number of carboxylic acids is 1. The summed E-state index contributed by atoms with van der Waals surface area (Å²) < 4.78 is 5.50. The fourth-order valence-electron chi connectivity index (χ4n) is 3.88. The first-order valence-electron chi connectivity index (χ1n) is 10.8. The lowest BCUT2D eigenvalue weighted by atomic mass is 9.92. The SMILES string of the molecule is CCC(CNC(=O)C(C)(C)CNC(=O)OCC1c2ccccc2-c2ccccc21)C(=O)O. The van der Waals surface area contributed by atoms with Gasteiger partial charge in [-0.05, 0) is 42.5 Å². The number of hydrogen-bond acceptors (Lipinski definition) is 4. The second-order valence-electron chi connectivity index (χ2n) is 8.72. The van der Waals surface area contributed by atoms with Gasteiger partial charge in [0.25, 0.3) is 0 Å². The number of ether oxygens (including phenoxy) is 1. The second-order valence-corrected chi connectivity index (χ2v) is 8.72. The van der Waals surface area contributed by atoms with Gasteiger partial charge >= 0.3 is 12.1 Å². The van der Waals surface area contributed by atoms with Gasteiger partial charge in [0.05, 0.1) is 11.3 Å². The molecule has 0 radical (unpaired) electrons. The Morgan fingerprint density at radius 1 is 1.00 bits per heavy atom. The maximum atomic E-state index is 12.5. The average molecular weight is 439 g/mol. The van der Waals surface area contributed by atoms with Crippen molar-refractivity contribution in [2.45, 2.75) is 33.1 Å². The minimum absolute atomic E-state index is 0.0357. The van der Waals surface area contributed by atoms with Gasteiger partial charge in [0.1, 0.15) is 6.61 Å². The molecule has 1 unspecified atom stereocenters. The normalized spacial score (nSPS) is 13.6. The molecule has 0 aliphatic heterocycles. The number of carbonyl (C=O) groups excluding carboxylic acids is 2. The Balaban J connectivity index is 1.53. The van der Waals surface area contributed by atoms with Gasteiger partial charge in [-0.15, -0.1) is 0 Å². The minimum Gasteiger partial charge on any atom is -0.481 e. The number of carboxylic acid groups (broad SMARTS) is 1. The number of amides is 2. The molecule has 0 bridgehead atoms. The van der Waals surface area contributed by atoms with Crippen molar-refractivity contribution in [2.24, 2.45) is 11.3 Å². The number of benzene rings is 2. The van der Waals surface area contributed by atoms with E-state index in [1.807, 2.05) is 24.3 Å². The largest absolute Gasteiger partial charge is 0.481 e. The summed E-state index contributed by atoms with van der Waals surface area (Å²) in [5, 5.41) is 14.4. The van der Waals surface area contributed by atoms with Crippen LogP contribution in [-0.4, -0.2) is 42.8 Å². The van der Waals surface area contributed by atoms with Crippen LogP contribution in [0.25, 0.3) is 11.1 Å². The molecular weight excluding hydrogens is 408 g/mol. The number of carbonyl (C=O) groups is 3. The zero-order valence-corrected chi connectivity index (χ0v) is 18.7. The van der Waals surface area contributed by atoms with E-state index in [4.69, 9.17) is 9.84 Å². The maximum Gasteiger partial charge on any atom is 0.407 e. The van der Waals surface area contributed by atoms with E-state index in [2.05, 4.69) is 34.9 Å². The molecule has 1 aliphatic rings. The molecule has 2 aromatic carbocycles. The van der Waals surface area contributed by atoms with Crippen molar-refractivity contribution >= 4 is 18.0 Å². The van der Waals surface area contributed by atoms with Gasteiger partial charge in [-0.1, -0.05) is 55.5 Å². The molecule has 0 heterocycles. The van der Waals surface area contributed by atoms with Crippen molar-refractivity contribution < 1.29 is 24.2 Å². The van der Waals surface area contributed by atoms with Crippen molar-refractivity contribution in [1.29, 1.82) is 0 Å². The predicted octanol–water partition coefficient (Wildman–Crippen LogP) is 3.78. The van der Waals surface area contributed by atoms with Crippen molar-refractivity contribution in [3.05, 3.63) is 59.7 Å². The van der Waals surface area contributed by atoms with Gasteiger partial charge < -0.3 is 20.5 Å².